The van der Waals surface area contributed by atoms with Gasteiger partial charge in [0.05, 0.1) is 6.61 Å². The third-order valence-electron chi connectivity index (χ3n) is 2.70. The molecule has 0 aromatic heterocycles. The molecule has 0 aliphatic heterocycles. The van der Waals surface area contributed by atoms with Crippen LogP contribution in [0, 0.1) is 12.7 Å². The Kier molecular flexibility index (Phi) is 3.90. The molecule has 0 heterocycles. The fourth-order valence-electron chi connectivity index (χ4n) is 1.71. The highest BCUT2D eigenvalue weighted by Gasteiger charge is 2.11. The van der Waals surface area contributed by atoms with E-state index in [9.17, 15) is 4.39 Å². The zero-order valence-electron chi connectivity index (χ0n) is 10.9. The van der Waals surface area contributed by atoms with Gasteiger partial charge in [-0.15, -0.1) is 0 Å². The van der Waals surface area contributed by atoms with Crippen LogP contribution in [0.2, 0.25) is 0 Å². The van der Waals surface area contributed by atoms with Gasteiger partial charge in [-0.3, -0.25) is 0 Å². The second-order valence-corrected chi connectivity index (χ2v) is 4.09. The van der Waals surface area contributed by atoms with E-state index < -0.39 is 0 Å². The van der Waals surface area contributed by atoms with E-state index in [1.165, 1.54) is 0 Å². The van der Waals surface area contributed by atoms with Gasteiger partial charge in [0.1, 0.15) is 11.4 Å². The highest BCUT2D eigenvalue weighted by Crippen LogP contribution is 2.35. The van der Waals surface area contributed by atoms with E-state index >= 15 is 0 Å². The van der Waals surface area contributed by atoms with Crippen LogP contribution >= 0.6 is 0 Å². The number of nitrogens with two attached hydrogens (primary N) is 1. The Balaban J connectivity index is 2.33. The fourth-order valence-corrected chi connectivity index (χ4v) is 1.71. The average Bonchev–Trinajstić information content (AvgIpc) is 2.40. The Labute approximate surface area is 111 Å². The van der Waals surface area contributed by atoms with Crippen molar-refractivity contribution in [2.75, 3.05) is 12.3 Å². The second-order valence-electron chi connectivity index (χ2n) is 4.09. The molecule has 0 spiro atoms. The van der Waals surface area contributed by atoms with Crippen LogP contribution in [0.15, 0.2) is 36.4 Å². The van der Waals surface area contributed by atoms with Crippen LogP contribution in [0.25, 0.3) is 0 Å². The number of anilines is 1. The Morgan fingerprint density at radius 2 is 1.68 bits per heavy atom. The number of ether oxygens (including phenoxy) is 2. The molecule has 0 aliphatic carbocycles. The van der Waals surface area contributed by atoms with Crippen LogP contribution in [0.1, 0.15) is 12.5 Å². The molecule has 3 nitrogen and oxygen atoms in total. The topological polar surface area (TPSA) is 44.5 Å². The summed E-state index contributed by atoms with van der Waals surface area (Å²) < 4.78 is 24.8. The van der Waals surface area contributed by atoms with E-state index in [4.69, 9.17) is 15.2 Å². The summed E-state index contributed by atoms with van der Waals surface area (Å²) >= 11 is 0. The molecular formula is C15H16FNO2. The third-order valence-corrected chi connectivity index (χ3v) is 2.70. The minimum atomic E-state index is -0.385. The largest absolute Gasteiger partial charge is 0.492 e. The summed E-state index contributed by atoms with van der Waals surface area (Å²) in [6.45, 7) is 4.06. The molecule has 0 unspecified atom stereocenters. The number of aryl methyl sites for hydroxylation is 1. The lowest BCUT2D eigenvalue weighted by molar-refractivity contribution is 0.340. The van der Waals surface area contributed by atoms with Gasteiger partial charge in [0.25, 0.3) is 0 Å². The van der Waals surface area contributed by atoms with Crippen LogP contribution < -0.4 is 15.2 Å². The van der Waals surface area contributed by atoms with Gasteiger partial charge < -0.3 is 15.2 Å². The van der Waals surface area contributed by atoms with Gasteiger partial charge in [0, 0.05) is 0 Å². The summed E-state index contributed by atoms with van der Waals surface area (Å²) in [7, 11) is 0. The van der Waals surface area contributed by atoms with Gasteiger partial charge in [-0.2, -0.15) is 0 Å². The number of hydrogen-bond donors (Lipinski definition) is 1. The normalized spacial score (nSPS) is 10.3. The molecule has 19 heavy (non-hydrogen) atoms. The standard InChI is InChI=1S/C15H16FNO2/c1-3-18-12-8-5-9-13(15(12)17)19-11-7-4-6-10(2)14(11)16/h4-9H,3,17H2,1-2H3. The van der Waals surface area contributed by atoms with Crippen molar-refractivity contribution in [3.8, 4) is 17.2 Å². The van der Waals surface area contributed by atoms with Crippen molar-refractivity contribution < 1.29 is 13.9 Å². The summed E-state index contributed by atoms with van der Waals surface area (Å²) in [5.74, 6) is 0.688. The molecule has 0 fully saturated rings. The van der Waals surface area contributed by atoms with E-state index in [1.807, 2.05) is 6.92 Å². The van der Waals surface area contributed by atoms with Crippen molar-refractivity contribution in [2.45, 2.75) is 13.8 Å². The first-order valence-corrected chi connectivity index (χ1v) is 6.07. The maximum atomic E-state index is 13.9. The van der Waals surface area contributed by atoms with Crippen LogP contribution in [0.5, 0.6) is 17.2 Å². The molecule has 0 aliphatic rings. The first-order chi connectivity index (χ1) is 9.13. The molecule has 2 aromatic carbocycles. The quantitative estimate of drug-likeness (QED) is 0.849. The summed E-state index contributed by atoms with van der Waals surface area (Å²) in [6.07, 6.45) is 0. The fraction of sp³-hybridized carbons (Fsp3) is 0.200. The molecule has 0 atom stereocenters. The van der Waals surface area contributed by atoms with E-state index in [-0.39, 0.29) is 11.6 Å². The van der Waals surface area contributed by atoms with Crippen molar-refractivity contribution in [3.63, 3.8) is 0 Å². The number of halogens is 1. The minimum Gasteiger partial charge on any atom is -0.492 e. The number of benzene rings is 2. The van der Waals surface area contributed by atoms with Gasteiger partial charge in [-0.25, -0.2) is 4.39 Å². The lowest BCUT2D eigenvalue weighted by Gasteiger charge is -2.13. The zero-order valence-corrected chi connectivity index (χ0v) is 10.9. The van der Waals surface area contributed by atoms with Gasteiger partial charge in [0.15, 0.2) is 17.3 Å². The Bertz CT molecular complexity index is 584. The van der Waals surface area contributed by atoms with Crippen LogP contribution in [-0.4, -0.2) is 6.61 Å². The van der Waals surface area contributed by atoms with E-state index in [0.717, 1.165) is 0 Å². The molecule has 0 saturated carbocycles. The maximum absolute atomic E-state index is 13.9. The number of hydrogen-bond acceptors (Lipinski definition) is 3. The number of nitrogen functional groups attached to an aromatic ring is 1. The first-order valence-electron chi connectivity index (χ1n) is 6.07. The lowest BCUT2D eigenvalue weighted by atomic mass is 10.2. The van der Waals surface area contributed by atoms with Gasteiger partial charge in [0.2, 0.25) is 0 Å². The molecular weight excluding hydrogens is 245 g/mol. The minimum absolute atomic E-state index is 0.153. The number of rotatable bonds is 4. The summed E-state index contributed by atoms with van der Waals surface area (Å²) in [5, 5.41) is 0. The molecule has 0 radical (unpaired) electrons. The molecule has 0 amide bonds. The molecule has 0 bridgehead atoms. The molecule has 0 saturated heterocycles. The van der Waals surface area contributed by atoms with Crippen LogP contribution in [0.4, 0.5) is 10.1 Å². The summed E-state index contributed by atoms with van der Waals surface area (Å²) in [6, 6.07) is 10.2. The third kappa shape index (κ3) is 2.78. The van der Waals surface area contributed by atoms with Crippen molar-refractivity contribution in [2.24, 2.45) is 0 Å². The van der Waals surface area contributed by atoms with Gasteiger partial charge in [-0.1, -0.05) is 18.2 Å². The average molecular weight is 261 g/mol. The predicted molar refractivity (Wildman–Crippen MR) is 73.2 cm³/mol. The van der Waals surface area contributed by atoms with Gasteiger partial charge in [-0.05, 0) is 37.6 Å². The van der Waals surface area contributed by atoms with E-state index in [0.29, 0.717) is 29.4 Å². The van der Waals surface area contributed by atoms with Crippen LogP contribution in [0.3, 0.4) is 0 Å². The van der Waals surface area contributed by atoms with Crippen molar-refractivity contribution in [3.05, 3.63) is 47.8 Å². The SMILES string of the molecule is CCOc1cccc(Oc2cccc(C)c2F)c1N. The van der Waals surface area contributed by atoms with Crippen molar-refractivity contribution in [1.82, 2.24) is 0 Å². The molecule has 2 aromatic rings. The highest BCUT2D eigenvalue weighted by molar-refractivity contribution is 5.63. The zero-order chi connectivity index (χ0) is 13.8. The summed E-state index contributed by atoms with van der Waals surface area (Å²) in [4.78, 5) is 0. The van der Waals surface area contributed by atoms with E-state index in [2.05, 4.69) is 0 Å². The molecule has 2 N–H and O–H groups in total. The second kappa shape index (κ2) is 5.61. The van der Waals surface area contributed by atoms with Crippen molar-refractivity contribution in [1.29, 1.82) is 0 Å². The lowest BCUT2D eigenvalue weighted by Crippen LogP contribution is -1.99. The Hall–Kier alpha value is -2.23. The maximum Gasteiger partial charge on any atom is 0.168 e. The van der Waals surface area contributed by atoms with Gasteiger partial charge >= 0.3 is 0 Å². The first kappa shape index (κ1) is 13.2. The summed E-state index contributed by atoms with van der Waals surface area (Å²) in [5.41, 5.74) is 6.82. The van der Waals surface area contributed by atoms with Crippen molar-refractivity contribution >= 4 is 5.69 Å². The predicted octanol–water partition coefficient (Wildman–Crippen LogP) is 3.91. The molecule has 2 rings (SSSR count). The monoisotopic (exact) mass is 261 g/mol. The number of para-hydroxylation sites is 1. The van der Waals surface area contributed by atoms with Crippen LogP contribution in [-0.2, 0) is 0 Å². The highest BCUT2D eigenvalue weighted by atomic mass is 19.1. The Morgan fingerprint density at radius 1 is 1.05 bits per heavy atom. The molecule has 4 heteroatoms. The molecule has 100 valence electrons. The Morgan fingerprint density at radius 3 is 2.42 bits per heavy atom. The smallest absolute Gasteiger partial charge is 0.168 e. The van der Waals surface area contributed by atoms with E-state index in [1.54, 1.807) is 43.3 Å².